The number of nitrogens with zero attached hydrogens (tertiary/aromatic N) is 1. The fourth-order valence-electron chi connectivity index (χ4n) is 4.80. The van der Waals surface area contributed by atoms with E-state index in [1.807, 2.05) is 50.2 Å². The molecule has 5 aromatic rings. The number of hydrogen-bond donors (Lipinski definition) is 1. The monoisotopic (exact) mass is 681 g/mol. The molecule has 0 spiro atoms. The molecule has 9 heteroatoms. The van der Waals surface area contributed by atoms with Gasteiger partial charge in [-0.05, 0) is 0 Å². The average Bonchev–Trinajstić information content (AvgIpc) is 3.38. The van der Waals surface area contributed by atoms with Crippen LogP contribution >= 0.6 is 11.3 Å². The summed E-state index contributed by atoms with van der Waals surface area (Å²) in [6.45, 7) is 5.61. The van der Waals surface area contributed by atoms with E-state index >= 15 is 0 Å². The van der Waals surface area contributed by atoms with Crippen LogP contribution in [0.5, 0.6) is 5.75 Å². The second-order valence-electron chi connectivity index (χ2n) is 10.5. The summed E-state index contributed by atoms with van der Waals surface area (Å²) in [4.78, 5) is 17.2. The summed E-state index contributed by atoms with van der Waals surface area (Å²) < 4.78 is 46.4. The molecule has 4 aromatic carbocycles. The van der Waals surface area contributed by atoms with Crippen molar-refractivity contribution in [3.63, 3.8) is 0 Å². The van der Waals surface area contributed by atoms with Gasteiger partial charge in [-0.1, -0.05) is 0 Å². The second kappa shape index (κ2) is 13.4. The first-order valence-electron chi connectivity index (χ1n) is 13.9. The molecule has 44 heavy (non-hydrogen) atoms. The van der Waals surface area contributed by atoms with E-state index in [0.29, 0.717) is 11.3 Å². The fourth-order valence-corrected chi connectivity index (χ4v) is 9.08. The summed E-state index contributed by atoms with van der Waals surface area (Å²) in [7, 11) is 0. The van der Waals surface area contributed by atoms with E-state index in [4.69, 9.17) is 14.8 Å². The molecule has 0 aliphatic carbocycles. The van der Waals surface area contributed by atoms with Crippen LogP contribution in [-0.2, 0) is 17.4 Å². The summed E-state index contributed by atoms with van der Waals surface area (Å²) in [5.74, 6) is -0.480. The van der Waals surface area contributed by atoms with Gasteiger partial charge in [-0.2, -0.15) is 0 Å². The number of thiazole rings is 1. The van der Waals surface area contributed by atoms with Crippen LogP contribution in [0, 0.1) is 20.8 Å². The molecule has 1 heterocycles. The topological polar surface area (TPSA) is 59.4 Å². The molecule has 0 radical (unpaired) electrons. The number of carboxylic acids is 1. The minimum atomic E-state index is -4.39. The van der Waals surface area contributed by atoms with Crippen molar-refractivity contribution in [2.24, 2.45) is 0 Å². The SMILES string of the molecule is Cc1ccc(-c2nc(C)c(C(Cc3ccc(-c4cccc(C(F)(F)F)c4)cc3)[Se]c3ccc(OCC(=O)O)c(C)c3)s2)cc1. The van der Waals surface area contributed by atoms with Crippen molar-refractivity contribution in [1.29, 1.82) is 0 Å². The van der Waals surface area contributed by atoms with Crippen molar-refractivity contribution in [1.82, 2.24) is 4.98 Å². The number of hydrogen-bond acceptors (Lipinski definition) is 4. The third-order valence-electron chi connectivity index (χ3n) is 7.10. The molecular formula is C35H30F3NO3SSe. The van der Waals surface area contributed by atoms with Gasteiger partial charge in [0.2, 0.25) is 0 Å². The van der Waals surface area contributed by atoms with E-state index < -0.39 is 24.3 Å². The van der Waals surface area contributed by atoms with Gasteiger partial charge in [0.25, 0.3) is 0 Å². The molecule has 226 valence electrons. The van der Waals surface area contributed by atoms with Crippen LogP contribution in [0.4, 0.5) is 13.2 Å². The standard InChI is InChI=1S/C35H30F3NO3SSe/c1-21-7-11-26(12-8-21)34-39-23(3)33(43-34)31(44-29-15-16-30(22(2)17-29)42-20-32(40)41)18-24-9-13-25(14-10-24)27-5-4-6-28(19-27)35(36,37)38/h4-17,19,31H,18,20H2,1-3H3,(H,40,41). The van der Waals surface area contributed by atoms with Crippen molar-refractivity contribution in [3.05, 3.63) is 124 Å². The van der Waals surface area contributed by atoms with Crippen LogP contribution in [0.2, 0.25) is 0 Å². The zero-order valence-corrected chi connectivity index (χ0v) is 26.8. The maximum atomic E-state index is 13.3. The maximum absolute atomic E-state index is 13.3. The predicted octanol–water partition coefficient (Wildman–Crippen LogP) is 8.20. The molecule has 0 fully saturated rings. The Morgan fingerprint density at radius 3 is 2.27 bits per heavy atom. The van der Waals surface area contributed by atoms with Gasteiger partial charge in [0.1, 0.15) is 0 Å². The van der Waals surface area contributed by atoms with E-state index in [1.165, 1.54) is 22.6 Å². The zero-order chi connectivity index (χ0) is 31.4. The number of aryl methyl sites for hydroxylation is 3. The Hall–Kier alpha value is -3.91. The van der Waals surface area contributed by atoms with E-state index in [2.05, 4.69) is 37.3 Å². The number of carboxylic acid groups (broad SMARTS) is 1. The minimum absolute atomic E-state index is 0.0162. The Bertz CT molecular complexity index is 1770. The fraction of sp³-hybridized carbons (Fsp3) is 0.200. The van der Waals surface area contributed by atoms with E-state index in [0.717, 1.165) is 49.9 Å². The van der Waals surface area contributed by atoms with Crippen molar-refractivity contribution in [2.45, 2.75) is 38.2 Å². The summed E-state index contributed by atoms with van der Waals surface area (Å²) in [6.07, 6.45) is -3.66. The van der Waals surface area contributed by atoms with Gasteiger partial charge < -0.3 is 0 Å². The Balaban J connectivity index is 1.44. The Morgan fingerprint density at radius 2 is 1.61 bits per heavy atom. The predicted molar refractivity (Wildman–Crippen MR) is 170 cm³/mol. The third kappa shape index (κ3) is 7.78. The second-order valence-corrected chi connectivity index (χ2v) is 14.2. The van der Waals surface area contributed by atoms with E-state index in [9.17, 15) is 18.0 Å². The molecule has 5 rings (SSSR count). The zero-order valence-electron chi connectivity index (χ0n) is 24.3. The van der Waals surface area contributed by atoms with Crippen LogP contribution < -0.4 is 9.20 Å². The van der Waals surface area contributed by atoms with E-state index in [-0.39, 0.29) is 19.8 Å². The van der Waals surface area contributed by atoms with Gasteiger partial charge in [-0.3, -0.25) is 0 Å². The number of benzene rings is 4. The van der Waals surface area contributed by atoms with Gasteiger partial charge >= 0.3 is 266 Å². The molecule has 0 aliphatic rings. The van der Waals surface area contributed by atoms with Gasteiger partial charge in [0, 0.05) is 0 Å². The number of rotatable bonds is 10. The van der Waals surface area contributed by atoms with Gasteiger partial charge in [0.15, 0.2) is 0 Å². The first-order chi connectivity index (χ1) is 21.0. The van der Waals surface area contributed by atoms with Gasteiger partial charge in [-0.25, -0.2) is 0 Å². The van der Waals surface area contributed by atoms with Crippen molar-refractivity contribution >= 4 is 36.7 Å². The average molecular weight is 681 g/mol. The molecule has 0 aliphatic heterocycles. The Kier molecular flexibility index (Phi) is 9.59. The normalized spacial score (nSPS) is 12.2. The summed E-state index contributed by atoms with van der Waals surface area (Å²) >= 11 is 1.68. The Labute approximate surface area is 264 Å². The molecule has 0 amide bonds. The molecule has 4 nitrogen and oxygen atoms in total. The number of aromatic nitrogens is 1. The third-order valence-corrected chi connectivity index (χ3v) is 11.3. The number of alkyl halides is 3. The van der Waals surface area contributed by atoms with Gasteiger partial charge in [0.05, 0.1) is 0 Å². The molecule has 1 atom stereocenters. The van der Waals surface area contributed by atoms with Crippen LogP contribution in [0.3, 0.4) is 0 Å². The molecular weight excluding hydrogens is 650 g/mol. The molecule has 0 bridgehead atoms. The van der Waals surface area contributed by atoms with Gasteiger partial charge in [-0.15, -0.1) is 0 Å². The van der Waals surface area contributed by atoms with Crippen LogP contribution in [0.15, 0.2) is 91.0 Å². The molecule has 1 unspecified atom stereocenters. The van der Waals surface area contributed by atoms with Crippen molar-refractivity contribution < 1.29 is 27.8 Å². The Morgan fingerprint density at radius 1 is 0.909 bits per heavy atom. The van der Waals surface area contributed by atoms with Crippen molar-refractivity contribution in [3.8, 4) is 27.4 Å². The molecule has 1 N–H and O–H groups in total. The number of halogens is 3. The first-order valence-corrected chi connectivity index (χ1v) is 16.6. The van der Waals surface area contributed by atoms with Crippen molar-refractivity contribution in [2.75, 3.05) is 6.61 Å². The van der Waals surface area contributed by atoms with Crippen LogP contribution in [0.25, 0.3) is 21.7 Å². The number of ether oxygens (including phenoxy) is 1. The number of aliphatic carboxylic acids is 1. The first kappa shape index (κ1) is 31.5. The molecule has 1 aromatic heterocycles. The van der Waals surface area contributed by atoms with Crippen LogP contribution in [0.1, 0.15) is 37.6 Å². The number of carbonyl (C=O) groups is 1. The summed E-state index contributed by atoms with van der Waals surface area (Å²) in [5, 5.41) is 9.95. The summed E-state index contributed by atoms with van der Waals surface area (Å²) in [6, 6.07) is 27.3. The van der Waals surface area contributed by atoms with Crippen LogP contribution in [-0.4, -0.2) is 37.6 Å². The van der Waals surface area contributed by atoms with E-state index in [1.54, 1.807) is 17.4 Å². The molecule has 0 saturated heterocycles. The quantitative estimate of drug-likeness (QED) is 0.151. The summed E-state index contributed by atoms with van der Waals surface area (Å²) in [5.41, 5.74) is 5.77. The molecule has 0 saturated carbocycles.